The van der Waals surface area contributed by atoms with Gasteiger partial charge >= 0.3 is 0 Å². The largest absolute Gasteiger partial charge is 0.328 e. The molecule has 0 unspecified atom stereocenters. The van der Waals surface area contributed by atoms with Crippen LogP contribution >= 0.6 is 27.5 Å². The van der Waals surface area contributed by atoms with Crippen LogP contribution in [0.5, 0.6) is 0 Å². The summed E-state index contributed by atoms with van der Waals surface area (Å²) in [5, 5.41) is 0.779. The maximum Gasteiger partial charge on any atom is 0.0449 e. The second-order valence-electron chi connectivity index (χ2n) is 2.88. The van der Waals surface area contributed by atoms with Crippen LogP contribution in [0.1, 0.15) is 12.5 Å². The predicted molar refractivity (Wildman–Crippen MR) is 56.5 cm³/mol. The number of rotatable bonds is 2. The van der Waals surface area contributed by atoms with Crippen molar-refractivity contribution in [2.45, 2.75) is 19.4 Å². The molecule has 1 nitrogen and oxygen atoms in total. The van der Waals surface area contributed by atoms with E-state index in [-0.39, 0.29) is 6.04 Å². The molecule has 0 aliphatic carbocycles. The molecule has 1 rings (SSSR count). The van der Waals surface area contributed by atoms with Gasteiger partial charge in [-0.3, -0.25) is 0 Å². The molecule has 0 saturated carbocycles. The number of halogens is 2. The first kappa shape index (κ1) is 10.0. The minimum atomic E-state index is 0.140. The van der Waals surface area contributed by atoms with Gasteiger partial charge < -0.3 is 5.73 Å². The fourth-order valence-corrected chi connectivity index (χ4v) is 1.94. The highest BCUT2D eigenvalue weighted by atomic mass is 79.9. The highest BCUT2D eigenvalue weighted by Gasteiger charge is 2.06. The summed E-state index contributed by atoms with van der Waals surface area (Å²) in [5.74, 6) is 0. The van der Waals surface area contributed by atoms with Crippen molar-refractivity contribution in [3.63, 3.8) is 0 Å². The molecule has 0 aliphatic heterocycles. The Morgan fingerprint density at radius 2 is 2.25 bits per heavy atom. The van der Waals surface area contributed by atoms with Crippen molar-refractivity contribution in [2.24, 2.45) is 5.73 Å². The van der Waals surface area contributed by atoms with E-state index in [0.717, 1.165) is 21.5 Å². The molecule has 0 saturated heterocycles. The van der Waals surface area contributed by atoms with Gasteiger partial charge in [0.05, 0.1) is 0 Å². The van der Waals surface area contributed by atoms with Gasteiger partial charge in [0.2, 0.25) is 0 Å². The van der Waals surface area contributed by atoms with Crippen molar-refractivity contribution in [1.82, 2.24) is 0 Å². The monoisotopic (exact) mass is 247 g/mol. The lowest BCUT2D eigenvalue weighted by Crippen LogP contribution is -2.18. The first-order valence-corrected chi connectivity index (χ1v) is 4.97. The summed E-state index contributed by atoms with van der Waals surface area (Å²) in [6.07, 6.45) is 0.806. The molecule has 0 aromatic heterocycles. The third-order valence-corrected chi connectivity index (χ3v) is 2.68. The van der Waals surface area contributed by atoms with Gasteiger partial charge in [-0.2, -0.15) is 0 Å². The van der Waals surface area contributed by atoms with Crippen molar-refractivity contribution < 1.29 is 0 Å². The van der Waals surface area contributed by atoms with Gasteiger partial charge in [0.1, 0.15) is 0 Å². The number of hydrogen-bond acceptors (Lipinski definition) is 1. The molecule has 0 fully saturated rings. The van der Waals surface area contributed by atoms with Gasteiger partial charge in [-0.25, -0.2) is 0 Å². The van der Waals surface area contributed by atoms with E-state index in [4.69, 9.17) is 17.3 Å². The minimum absolute atomic E-state index is 0.140. The first-order valence-electron chi connectivity index (χ1n) is 3.79. The third-order valence-electron chi connectivity index (χ3n) is 1.59. The molecule has 0 spiro atoms. The Hall–Kier alpha value is -0.0500. The number of nitrogens with two attached hydrogens (primary N) is 1. The van der Waals surface area contributed by atoms with Crippen molar-refractivity contribution in [3.8, 4) is 0 Å². The molecule has 1 atom stereocenters. The Morgan fingerprint density at radius 1 is 1.58 bits per heavy atom. The van der Waals surface area contributed by atoms with Gasteiger partial charge in [0.15, 0.2) is 0 Å². The minimum Gasteiger partial charge on any atom is -0.328 e. The Bertz CT molecular complexity index is 253. The second-order valence-corrected chi connectivity index (χ2v) is 4.14. The molecule has 66 valence electrons. The van der Waals surface area contributed by atoms with E-state index in [9.17, 15) is 0 Å². The summed E-state index contributed by atoms with van der Waals surface area (Å²) >= 11 is 9.42. The first-order chi connectivity index (χ1) is 5.61. The van der Waals surface area contributed by atoms with E-state index >= 15 is 0 Å². The van der Waals surface area contributed by atoms with Gasteiger partial charge in [-0.15, -0.1) is 0 Å². The van der Waals surface area contributed by atoms with Crippen LogP contribution in [0.25, 0.3) is 0 Å². The third kappa shape index (κ3) is 2.47. The lowest BCUT2D eigenvalue weighted by Gasteiger charge is -2.08. The van der Waals surface area contributed by atoms with Gasteiger partial charge in [0.25, 0.3) is 0 Å². The molecule has 0 radical (unpaired) electrons. The molecule has 0 bridgehead atoms. The fourth-order valence-electron chi connectivity index (χ4n) is 1.05. The van der Waals surface area contributed by atoms with Crippen LogP contribution in [0.15, 0.2) is 22.7 Å². The zero-order valence-corrected chi connectivity index (χ0v) is 9.19. The fraction of sp³-hybridized carbons (Fsp3) is 0.333. The quantitative estimate of drug-likeness (QED) is 0.855. The summed E-state index contributed by atoms with van der Waals surface area (Å²) in [4.78, 5) is 0. The Morgan fingerprint density at radius 3 is 2.75 bits per heavy atom. The van der Waals surface area contributed by atoms with Crippen molar-refractivity contribution in [1.29, 1.82) is 0 Å². The van der Waals surface area contributed by atoms with Crippen LogP contribution in [0.4, 0.5) is 0 Å². The van der Waals surface area contributed by atoms with E-state index in [1.165, 1.54) is 0 Å². The Kier molecular flexibility index (Phi) is 3.56. The maximum absolute atomic E-state index is 5.99. The summed E-state index contributed by atoms with van der Waals surface area (Å²) in [7, 11) is 0. The Balaban J connectivity index is 2.96. The Labute approximate surface area is 86.0 Å². The molecule has 1 aromatic rings. The molecule has 0 amide bonds. The van der Waals surface area contributed by atoms with Crippen molar-refractivity contribution in [3.05, 3.63) is 33.3 Å². The van der Waals surface area contributed by atoms with Crippen LogP contribution < -0.4 is 5.73 Å². The summed E-state index contributed by atoms with van der Waals surface area (Å²) in [6.45, 7) is 1.97. The lowest BCUT2D eigenvalue weighted by molar-refractivity contribution is 0.736. The van der Waals surface area contributed by atoms with E-state index < -0.39 is 0 Å². The highest BCUT2D eigenvalue weighted by Crippen LogP contribution is 2.25. The normalized spacial score (nSPS) is 13.0. The zero-order chi connectivity index (χ0) is 9.14. The summed E-state index contributed by atoms with van der Waals surface area (Å²) in [6, 6.07) is 5.91. The van der Waals surface area contributed by atoms with Crippen LogP contribution in [0.2, 0.25) is 5.02 Å². The van der Waals surface area contributed by atoms with Crippen LogP contribution in [0, 0.1) is 0 Å². The van der Waals surface area contributed by atoms with E-state index in [1.807, 2.05) is 25.1 Å². The summed E-state index contributed by atoms with van der Waals surface area (Å²) in [5.41, 5.74) is 6.77. The molecule has 0 aliphatic rings. The lowest BCUT2D eigenvalue weighted by atomic mass is 10.1. The average Bonchev–Trinajstić information content (AvgIpc) is 1.97. The number of hydrogen-bond donors (Lipinski definition) is 1. The molecule has 3 heteroatoms. The molecule has 2 N–H and O–H groups in total. The molecule has 0 heterocycles. The van der Waals surface area contributed by atoms with Crippen molar-refractivity contribution in [2.75, 3.05) is 0 Å². The van der Waals surface area contributed by atoms with E-state index in [0.29, 0.717) is 0 Å². The smallest absolute Gasteiger partial charge is 0.0449 e. The van der Waals surface area contributed by atoms with Crippen LogP contribution in [-0.4, -0.2) is 6.04 Å². The van der Waals surface area contributed by atoms with Crippen LogP contribution in [-0.2, 0) is 6.42 Å². The number of benzene rings is 1. The van der Waals surface area contributed by atoms with Crippen molar-refractivity contribution >= 4 is 27.5 Å². The standard InChI is InChI=1S/C9H11BrClN/c1-6(12)5-7-8(10)3-2-4-9(7)11/h2-4,6H,5,12H2,1H3/t6-/m0/s1. The van der Waals surface area contributed by atoms with E-state index in [2.05, 4.69) is 15.9 Å². The highest BCUT2D eigenvalue weighted by molar-refractivity contribution is 9.10. The van der Waals surface area contributed by atoms with E-state index in [1.54, 1.807) is 0 Å². The van der Waals surface area contributed by atoms with Gasteiger partial charge in [0, 0.05) is 15.5 Å². The van der Waals surface area contributed by atoms with Gasteiger partial charge in [-0.1, -0.05) is 33.6 Å². The molecular weight excluding hydrogens is 237 g/mol. The van der Waals surface area contributed by atoms with Gasteiger partial charge in [-0.05, 0) is 31.0 Å². The summed E-state index contributed by atoms with van der Waals surface area (Å²) < 4.78 is 1.03. The topological polar surface area (TPSA) is 26.0 Å². The molecule has 12 heavy (non-hydrogen) atoms. The maximum atomic E-state index is 5.99. The average molecular weight is 249 g/mol. The predicted octanol–water partition coefficient (Wildman–Crippen LogP) is 2.99. The zero-order valence-electron chi connectivity index (χ0n) is 6.85. The van der Waals surface area contributed by atoms with Crippen LogP contribution in [0.3, 0.4) is 0 Å². The molecule has 1 aromatic carbocycles. The molecular formula is C9H11BrClN. The SMILES string of the molecule is C[C@H](N)Cc1c(Cl)cccc1Br. The second kappa shape index (κ2) is 4.26.